The molecule has 1 unspecified atom stereocenters. The van der Waals surface area contributed by atoms with Crippen LogP contribution < -0.4 is 0 Å². The van der Waals surface area contributed by atoms with Gasteiger partial charge in [-0.25, -0.2) is 0 Å². The van der Waals surface area contributed by atoms with Crippen LogP contribution in [0.5, 0.6) is 0 Å². The van der Waals surface area contributed by atoms with Gasteiger partial charge in [0, 0.05) is 0 Å². The zero-order chi connectivity index (χ0) is 24.2. The van der Waals surface area contributed by atoms with Gasteiger partial charge in [-0.2, -0.15) is 0 Å². The third-order valence-corrected chi connectivity index (χ3v) is 13.2. The third-order valence-electron chi connectivity index (χ3n) is 13.2. The van der Waals surface area contributed by atoms with Gasteiger partial charge in [-0.3, -0.25) is 4.79 Å². The van der Waals surface area contributed by atoms with Crippen LogP contribution in [0.4, 0.5) is 0 Å². The van der Waals surface area contributed by atoms with E-state index in [0.29, 0.717) is 29.6 Å². The largest absolute Gasteiger partial charge is 0.481 e. The van der Waals surface area contributed by atoms with Gasteiger partial charge in [0.05, 0.1) is 11.5 Å². The first-order valence-electron chi connectivity index (χ1n) is 13.9. The van der Waals surface area contributed by atoms with Crippen molar-refractivity contribution < 1.29 is 15.0 Å². The molecule has 0 bridgehead atoms. The number of aliphatic hydroxyl groups excluding tert-OH is 1. The summed E-state index contributed by atoms with van der Waals surface area (Å²) in [6, 6.07) is 0. The Morgan fingerprint density at radius 3 is 2.27 bits per heavy atom. The average Bonchev–Trinajstić information content (AvgIpc) is 2.73. The lowest BCUT2D eigenvalue weighted by Gasteiger charge is -2.70. The molecule has 0 aromatic carbocycles. The maximum absolute atomic E-state index is 13.5. The molecule has 10 atom stereocenters. The zero-order valence-corrected chi connectivity index (χ0v) is 22.2. The van der Waals surface area contributed by atoms with E-state index in [1.54, 1.807) is 0 Å². The number of rotatable bonds is 1. The molecule has 4 fully saturated rings. The lowest BCUT2D eigenvalue weighted by Crippen LogP contribution is -2.67. The Morgan fingerprint density at radius 1 is 0.909 bits per heavy atom. The normalized spacial score (nSPS) is 55.3. The van der Waals surface area contributed by atoms with Crippen LogP contribution >= 0.6 is 0 Å². The van der Waals surface area contributed by atoms with Gasteiger partial charge >= 0.3 is 5.97 Å². The number of aliphatic carboxylic acids is 1. The van der Waals surface area contributed by atoms with Crippen molar-refractivity contribution in [1.29, 1.82) is 0 Å². The second kappa shape index (κ2) is 7.11. The maximum atomic E-state index is 13.5. The standard InChI is InChI=1S/C30H48O3/c1-18-10-13-27(5)16-17-30(25(32)33)20(24(27)19(18)2)8-9-22-28(6)14-12-23(31)26(3,4)21(28)11-15-29(22,30)7/h8,18-19,21-24,31H,9-17H2,1-7H3,(H,32,33)/t18-,19+,21?,22-,23+,24+,27-,28+,29-,30-/m1/s1. The van der Waals surface area contributed by atoms with Crippen molar-refractivity contribution in [3.63, 3.8) is 0 Å². The van der Waals surface area contributed by atoms with Gasteiger partial charge < -0.3 is 10.2 Å². The molecule has 0 aromatic rings. The average molecular weight is 457 g/mol. The van der Waals surface area contributed by atoms with Crippen LogP contribution in [0.1, 0.15) is 106 Å². The highest BCUT2D eigenvalue weighted by Gasteiger charge is 2.71. The first-order valence-corrected chi connectivity index (χ1v) is 13.9. The Balaban J connectivity index is 1.66. The minimum absolute atomic E-state index is 0.0897. The number of aliphatic hydroxyl groups is 1. The van der Waals surface area contributed by atoms with Crippen molar-refractivity contribution in [3.05, 3.63) is 11.6 Å². The predicted molar refractivity (Wildman–Crippen MR) is 133 cm³/mol. The summed E-state index contributed by atoms with van der Waals surface area (Å²) in [5.74, 6) is 1.88. The fourth-order valence-electron chi connectivity index (χ4n) is 11.0. The van der Waals surface area contributed by atoms with Crippen LogP contribution in [0.25, 0.3) is 0 Å². The smallest absolute Gasteiger partial charge is 0.314 e. The highest BCUT2D eigenvalue weighted by molar-refractivity contribution is 5.81. The number of carboxylic acid groups (broad SMARTS) is 1. The summed E-state index contributed by atoms with van der Waals surface area (Å²) < 4.78 is 0. The highest BCUT2D eigenvalue weighted by Crippen LogP contribution is 2.75. The summed E-state index contributed by atoms with van der Waals surface area (Å²) >= 11 is 0. The zero-order valence-electron chi connectivity index (χ0n) is 22.2. The van der Waals surface area contributed by atoms with Gasteiger partial charge in [0.2, 0.25) is 0 Å². The van der Waals surface area contributed by atoms with Gasteiger partial charge in [-0.05, 0) is 109 Å². The van der Waals surface area contributed by atoms with E-state index in [1.165, 1.54) is 18.4 Å². The Morgan fingerprint density at radius 2 is 1.61 bits per heavy atom. The molecule has 0 amide bonds. The molecule has 3 heteroatoms. The van der Waals surface area contributed by atoms with Gasteiger partial charge in [0.25, 0.3) is 0 Å². The molecule has 0 radical (unpaired) electrons. The molecule has 0 spiro atoms. The van der Waals surface area contributed by atoms with Crippen LogP contribution in [0.15, 0.2) is 11.6 Å². The van der Waals surface area contributed by atoms with Gasteiger partial charge in [0.1, 0.15) is 0 Å². The summed E-state index contributed by atoms with van der Waals surface area (Å²) in [6.45, 7) is 16.6. The second-order valence-electron chi connectivity index (χ2n) is 14.6. The van der Waals surface area contributed by atoms with E-state index >= 15 is 0 Å². The molecular weight excluding hydrogens is 408 g/mol. The van der Waals surface area contributed by atoms with Crippen molar-refractivity contribution in [2.75, 3.05) is 0 Å². The quantitative estimate of drug-likeness (QED) is 0.414. The van der Waals surface area contributed by atoms with Crippen LogP contribution in [-0.2, 0) is 4.79 Å². The Bertz CT molecular complexity index is 874. The van der Waals surface area contributed by atoms with E-state index in [-0.39, 0.29) is 27.8 Å². The van der Waals surface area contributed by atoms with Gasteiger partial charge in [-0.1, -0.05) is 60.1 Å². The van der Waals surface area contributed by atoms with Crippen molar-refractivity contribution in [3.8, 4) is 0 Å². The monoisotopic (exact) mass is 456 g/mol. The molecule has 4 saturated carbocycles. The summed E-state index contributed by atoms with van der Waals surface area (Å²) in [6.07, 6.45) is 11.5. The molecule has 0 saturated heterocycles. The van der Waals surface area contributed by atoms with E-state index in [2.05, 4.69) is 54.5 Å². The number of hydrogen-bond donors (Lipinski definition) is 2. The molecule has 5 aliphatic carbocycles. The molecule has 2 N–H and O–H groups in total. The lowest BCUT2D eigenvalue weighted by molar-refractivity contribution is -0.214. The lowest BCUT2D eigenvalue weighted by atomic mass is 9.33. The summed E-state index contributed by atoms with van der Waals surface area (Å²) in [4.78, 5) is 13.5. The number of hydrogen-bond acceptors (Lipinski definition) is 2. The van der Waals surface area contributed by atoms with E-state index in [4.69, 9.17) is 0 Å². The van der Waals surface area contributed by atoms with Crippen molar-refractivity contribution in [2.45, 2.75) is 112 Å². The topological polar surface area (TPSA) is 57.5 Å². The number of fused-ring (bicyclic) bond motifs is 7. The number of carbonyl (C=O) groups is 1. The Hall–Kier alpha value is -0.830. The van der Waals surface area contributed by atoms with Crippen molar-refractivity contribution in [1.82, 2.24) is 0 Å². The minimum atomic E-state index is -0.723. The summed E-state index contributed by atoms with van der Waals surface area (Å²) in [5, 5.41) is 22.0. The fraction of sp³-hybridized carbons (Fsp3) is 0.900. The molecule has 5 aliphatic rings. The maximum Gasteiger partial charge on any atom is 0.314 e. The van der Waals surface area contributed by atoms with E-state index < -0.39 is 11.4 Å². The van der Waals surface area contributed by atoms with Gasteiger partial charge in [0.15, 0.2) is 0 Å². The predicted octanol–water partition coefficient (Wildman–Crippen LogP) is 7.09. The van der Waals surface area contributed by atoms with E-state index in [0.717, 1.165) is 44.9 Å². The van der Waals surface area contributed by atoms with Crippen LogP contribution in [0.2, 0.25) is 0 Å². The molecule has 5 rings (SSSR count). The van der Waals surface area contributed by atoms with Gasteiger partial charge in [-0.15, -0.1) is 0 Å². The molecule has 3 nitrogen and oxygen atoms in total. The molecule has 186 valence electrons. The molecule has 33 heavy (non-hydrogen) atoms. The molecule has 0 aromatic heterocycles. The molecular formula is C30H48O3. The van der Waals surface area contributed by atoms with E-state index in [1.807, 2.05) is 0 Å². The number of allylic oxidation sites excluding steroid dienone is 1. The van der Waals surface area contributed by atoms with Crippen molar-refractivity contribution in [2.24, 2.45) is 56.7 Å². The number of carboxylic acids is 1. The second-order valence-corrected chi connectivity index (χ2v) is 14.6. The van der Waals surface area contributed by atoms with Crippen LogP contribution in [-0.4, -0.2) is 22.3 Å². The summed E-state index contributed by atoms with van der Waals surface area (Å²) in [7, 11) is 0. The highest BCUT2D eigenvalue weighted by atomic mass is 16.4. The fourth-order valence-corrected chi connectivity index (χ4v) is 11.0. The SMILES string of the molecule is C[C@H]1[C@H](C)CC[C@]2(C)CC[C@]3(C(=O)O)C(=CC[C@@H]4[C@@]5(C)CC[C@H](O)C(C)(C)C5CC[C@]43C)[C@H]12. The Kier molecular flexibility index (Phi) is 5.15. The van der Waals surface area contributed by atoms with Crippen LogP contribution in [0, 0.1) is 56.7 Å². The van der Waals surface area contributed by atoms with Crippen LogP contribution in [0.3, 0.4) is 0 Å². The van der Waals surface area contributed by atoms with Crippen molar-refractivity contribution >= 4 is 5.97 Å². The first kappa shape index (κ1) is 23.9. The molecule has 0 heterocycles. The summed E-state index contributed by atoms with van der Waals surface area (Å²) in [5.41, 5.74) is 0.615. The third kappa shape index (κ3) is 2.75. The van der Waals surface area contributed by atoms with E-state index in [9.17, 15) is 15.0 Å². The Labute approximate surface area is 201 Å². The first-order chi connectivity index (χ1) is 15.3. The molecule has 0 aliphatic heterocycles. The minimum Gasteiger partial charge on any atom is -0.481 e.